The number of nitrogens with zero attached hydrogens (tertiary/aromatic N) is 1. The van der Waals surface area contributed by atoms with Crippen LogP contribution in [0.2, 0.25) is 0 Å². The monoisotopic (exact) mass is 186 g/mol. The number of carbonyl (C=O) groups excluding carboxylic acids is 2. The Morgan fingerprint density at radius 1 is 1.67 bits per heavy atom. The molecule has 1 amide bonds. The normalized spacial score (nSPS) is 9.42. The Morgan fingerprint density at radius 2 is 2.33 bits per heavy atom. The highest BCUT2D eigenvalue weighted by Crippen LogP contribution is 2.17. The quantitative estimate of drug-likeness (QED) is 0.667. The van der Waals surface area contributed by atoms with Gasteiger partial charge in [0.1, 0.15) is 5.56 Å². The summed E-state index contributed by atoms with van der Waals surface area (Å²) in [6.45, 7) is 1.23. The summed E-state index contributed by atoms with van der Waals surface area (Å²) in [5.41, 5.74) is 5.11. The third-order valence-electron chi connectivity index (χ3n) is 1.04. The number of ether oxygens (including phenoxy) is 1. The Balaban J connectivity index is 2.91. The number of amides is 1. The lowest BCUT2D eigenvalue weighted by Crippen LogP contribution is -2.13. The Bertz CT molecular complexity index is 320. The predicted octanol–water partition coefficient (Wildman–Crippen LogP) is 0.167. The highest BCUT2D eigenvalue weighted by Gasteiger charge is 2.13. The number of hydrogen-bond donors (Lipinski definition) is 1. The largest absolute Gasteiger partial charge is 0.406 e. The van der Waals surface area contributed by atoms with Gasteiger partial charge in [0.05, 0.1) is 0 Å². The van der Waals surface area contributed by atoms with Crippen LogP contribution < -0.4 is 10.5 Å². The fraction of sp³-hybridized carbons (Fsp3) is 0.167. The van der Waals surface area contributed by atoms with Crippen LogP contribution in [0.25, 0.3) is 0 Å². The summed E-state index contributed by atoms with van der Waals surface area (Å²) in [5.74, 6) is -1.19. The highest BCUT2D eigenvalue weighted by atomic mass is 32.1. The zero-order chi connectivity index (χ0) is 9.14. The zero-order valence-corrected chi connectivity index (χ0v) is 7.05. The molecule has 0 unspecified atom stereocenters. The number of rotatable bonds is 2. The summed E-state index contributed by atoms with van der Waals surface area (Å²) in [5, 5.41) is 1.43. The van der Waals surface area contributed by atoms with E-state index in [9.17, 15) is 9.59 Å². The van der Waals surface area contributed by atoms with Crippen molar-refractivity contribution in [3.05, 3.63) is 10.9 Å². The molecule has 0 aliphatic heterocycles. The average Bonchev–Trinajstić information content (AvgIpc) is 2.33. The fourth-order valence-corrected chi connectivity index (χ4v) is 1.21. The van der Waals surface area contributed by atoms with Crippen LogP contribution in [0, 0.1) is 0 Å². The van der Waals surface area contributed by atoms with Gasteiger partial charge in [0, 0.05) is 12.3 Å². The third kappa shape index (κ3) is 1.79. The van der Waals surface area contributed by atoms with Crippen LogP contribution in [0.3, 0.4) is 0 Å². The van der Waals surface area contributed by atoms with E-state index in [2.05, 4.69) is 9.11 Å². The molecule has 0 bridgehead atoms. The summed E-state index contributed by atoms with van der Waals surface area (Å²) in [7, 11) is 0. The molecule has 0 fully saturated rings. The van der Waals surface area contributed by atoms with Crippen LogP contribution in [0.15, 0.2) is 5.38 Å². The van der Waals surface area contributed by atoms with Gasteiger partial charge in [0.2, 0.25) is 5.88 Å². The van der Waals surface area contributed by atoms with Crippen molar-refractivity contribution in [3.8, 4) is 5.88 Å². The van der Waals surface area contributed by atoms with Crippen LogP contribution in [0.5, 0.6) is 5.88 Å². The lowest BCUT2D eigenvalue weighted by molar-refractivity contribution is -0.132. The number of esters is 1. The summed E-state index contributed by atoms with van der Waals surface area (Å²) < 4.78 is 8.28. The molecule has 1 aromatic heterocycles. The first-order valence-electron chi connectivity index (χ1n) is 3.04. The molecule has 0 aromatic carbocycles. The first kappa shape index (κ1) is 8.66. The van der Waals surface area contributed by atoms with E-state index in [-0.39, 0.29) is 11.4 Å². The van der Waals surface area contributed by atoms with Crippen molar-refractivity contribution in [2.24, 2.45) is 5.73 Å². The molecule has 0 saturated carbocycles. The summed E-state index contributed by atoms with van der Waals surface area (Å²) in [6.07, 6.45) is 0. The molecule has 6 heteroatoms. The lowest BCUT2D eigenvalue weighted by atomic mass is 10.3. The number of hydrogen-bond acceptors (Lipinski definition) is 5. The molecule has 12 heavy (non-hydrogen) atoms. The maximum absolute atomic E-state index is 10.7. The van der Waals surface area contributed by atoms with Gasteiger partial charge in [0.15, 0.2) is 0 Å². The second-order valence-electron chi connectivity index (χ2n) is 1.99. The smallest absolute Gasteiger partial charge is 0.309 e. The van der Waals surface area contributed by atoms with Gasteiger partial charge in [-0.25, -0.2) is 0 Å². The second-order valence-corrected chi connectivity index (χ2v) is 2.62. The van der Waals surface area contributed by atoms with Crippen molar-refractivity contribution in [2.75, 3.05) is 0 Å². The van der Waals surface area contributed by atoms with Crippen molar-refractivity contribution in [1.29, 1.82) is 0 Å². The maximum Gasteiger partial charge on any atom is 0.309 e. The topological polar surface area (TPSA) is 82.3 Å². The van der Waals surface area contributed by atoms with E-state index < -0.39 is 11.9 Å². The average molecular weight is 186 g/mol. The Kier molecular flexibility index (Phi) is 2.39. The van der Waals surface area contributed by atoms with Gasteiger partial charge in [-0.2, -0.15) is 4.37 Å². The predicted molar refractivity (Wildman–Crippen MR) is 41.9 cm³/mol. The fourth-order valence-electron chi connectivity index (χ4n) is 0.600. The van der Waals surface area contributed by atoms with Gasteiger partial charge in [-0.3, -0.25) is 9.59 Å². The maximum atomic E-state index is 10.7. The van der Waals surface area contributed by atoms with Gasteiger partial charge in [0.25, 0.3) is 5.91 Å². The molecule has 1 heterocycles. The Labute approximate surface area is 72.3 Å². The van der Waals surface area contributed by atoms with Gasteiger partial charge in [-0.05, 0) is 11.5 Å². The van der Waals surface area contributed by atoms with Crippen molar-refractivity contribution in [2.45, 2.75) is 6.92 Å². The molecule has 0 spiro atoms. The van der Waals surface area contributed by atoms with E-state index in [1.807, 2.05) is 0 Å². The SMILES string of the molecule is CC(=O)Oc1nscc1C(N)=O. The van der Waals surface area contributed by atoms with E-state index in [1.165, 1.54) is 12.3 Å². The summed E-state index contributed by atoms with van der Waals surface area (Å²) in [6, 6.07) is 0. The number of carbonyl (C=O) groups is 2. The first-order chi connectivity index (χ1) is 5.61. The van der Waals surface area contributed by atoms with E-state index in [0.717, 1.165) is 11.5 Å². The van der Waals surface area contributed by atoms with E-state index >= 15 is 0 Å². The van der Waals surface area contributed by atoms with Gasteiger partial charge < -0.3 is 10.5 Å². The molecular formula is C6H6N2O3S. The Hall–Kier alpha value is -1.43. The van der Waals surface area contributed by atoms with Gasteiger partial charge in [-0.1, -0.05) is 0 Å². The number of primary amides is 1. The molecule has 64 valence electrons. The van der Waals surface area contributed by atoms with Crippen LogP contribution >= 0.6 is 11.5 Å². The highest BCUT2D eigenvalue weighted by molar-refractivity contribution is 7.04. The van der Waals surface area contributed by atoms with Crippen LogP contribution in [0.4, 0.5) is 0 Å². The van der Waals surface area contributed by atoms with Crippen molar-refractivity contribution in [3.63, 3.8) is 0 Å². The van der Waals surface area contributed by atoms with Crippen LogP contribution in [-0.4, -0.2) is 16.3 Å². The minimum absolute atomic E-state index is 0.0139. The standard InChI is InChI=1S/C6H6N2O3S/c1-3(9)11-6-4(5(7)10)2-12-8-6/h2H,1H3,(H2,7,10). The van der Waals surface area contributed by atoms with Crippen LogP contribution in [-0.2, 0) is 4.79 Å². The van der Waals surface area contributed by atoms with E-state index in [1.54, 1.807) is 0 Å². The molecule has 1 rings (SSSR count). The second kappa shape index (κ2) is 3.31. The summed E-state index contributed by atoms with van der Waals surface area (Å²) in [4.78, 5) is 21.1. The minimum atomic E-state index is -0.653. The minimum Gasteiger partial charge on any atom is -0.406 e. The van der Waals surface area contributed by atoms with Crippen molar-refractivity contribution < 1.29 is 14.3 Å². The first-order valence-corrected chi connectivity index (χ1v) is 3.87. The number of nitrogens with two attached hydrogens (primary N) is 1. The molecule has 0 aliphatic carbocycles. The van der Waals surface area contributed by atoms with Gasteiger partial charge >= 0.3 is 5.97 Å². The molecule has 0 radical (unpaired) electrons. The van der Waals surface area contributed by atoms with Crippen molar-refractivity contribution in [1.82, 2.24) is 4.37 Å². The molecule has 5 nitrogen and oxygen atoms in total. The molecule has 1 aromatic rings. The van der Waals surface area contributed by atoms with Crippen molar-refractivity contribution >= 4 is 23.4 Å². The molecule has 0 aliphatic rings. The molecular weight excluding hydrogens is 180 g/mol. The van der Waals surface area contributed by atoms with E-state index in [0.29, 0.717) is 0 Å². The lowest BCUT2D eigenvalue weighted by Gasteiger charge is -1.96. The third-order valence-corrected chi connectivity index (χ3v) is 1.65. The Morgan fingerprint density at radius 3 is 2.83 bits per heavy atom. The molecule has 0 saturated heterocycles. The summed E-state index contributed by atoms with van der Waals surface area (Å²) >= 11 is 1.01. The van der Waals surface area contributed by atoms with Gasteiger partial charge in [-0.15, -0.1) is 0 Å². The zero-order valence-electron chi connectivity index (χ0n) is 6.23. The molecule has 0 atom stereocenters. The number of aromatic nitrogens is 1. The van der Waals surface area contributed by atoms with E-state index in [4.69, 9.17) is 5.73 Å². The molecule has 2 N–H and O–H groups in total. The van der Waals surface area contributed by atoms with Crippen LogP contribution in [0.1, 0.15) is 17.3 Å².